The van der Waals surface area contributed by atoms with Gasteiger partial charge in [-0.2, -0.15) is 4.98 Å². The monoisotopic (exact) mass is 295 g/mol. The van der Waals surface area contributed by atoms with Crippen molar-refractivity contribution in [2.75, 3.05) is 11.5 Å². The Morgan fingerprint density at radius 3 is 2.81 bits per heavy atom. The number of nitrogens with zero attached hydrogens (tertiary/aromatic N) is 2. The number of fused-ring (bicyclic) bond motifs is 3. The number of anilines is 2. The van der Waals surface area contributed by atoms with Crippen LogP contribution in [0.1, 0.15) is 5.69 Å². The van der Waals surface area contributed by atoms with E-state index in [4.69, 9.17) is 11.5 Å². The number of aromatic amines is 1. The van der Waals surface area contributed by atoms with E-state index in [1.165, 1.54) is 4.88 Å². The van der Waals surface area contributed by atoms with Crippen molar-refractivity contribution in [3.63, 3.8) is 0 Å². The second-order valence-electron chi connectivity index (χ2n) is 5.00. The van der Waals surface area contributed by atoms with E-state index in [9.17, 15) is 0 Å². The van der Waals surface area contributed by atoms with Crippen molar-refractivity contribution in [3.8, 4) is 10.4 Å². The van der Waals surface area contributed by atoms with Gasteiger partial charge in [0.2, 0.25) is 5.95 Å². The van der Waals surface area contributed by atoms with E-state index in [0.29, 0.717) is 5.82 Å². The highest BCUT2D eigenvalue weighted by molar-refractivity contribution is 7.13. The Labute approximate surface area is 124 Å². The van der Waals surface area contributed by atoms with Gasteiger partial charge in [0.25, 0.3) is 0 Å². The Hall–Kier alpha value is -2.60. The number of nitrogens with two attached hydrogens (primary N) is 2. The average Bonchev–Trinajstić information content (AvgIpc) is 3.04. The van der Waals surface area contributed by atoms with Gasteiger partial charge in [-0.3, -0.25) is 0 Å². The second kappa shape index (κ2) is 4.20. The van der Waals surface area contributed by atoms with Crippen LogP contribution >= 0.6 is 11.3 Å². The summed E-state index contributed by atoms with van der Waals surface area (Å²) in [5.41, 5.74) is 15.8. The van der Waals surface area contributed by atoms with Gasteiger partial charge < -0.3 is 16.5 Å². The quantitative estimate of drug-likeness (QED) is 0.502. The van der Waals surface area contributed by atoms with Crippen LogP contribution in [0, 0.1) is 6.92 Å². The Morgan fingerprint density at radius 2 is 2.05 bits per heavy atom. The van der Waals surface area contributed by atoms with Gasteiger partial charge in [-0.1, -0.05) is 6.07 Å². The van der Waals surface area contributed by atoms with Crippen molar-refractivity contribution >= 4 is 44.9 Å². The molecule has 1 aromatic carbocycles. The summed E-state index contributed by atoms with van der Waals surface area (Å²) in [7, 11) is 0. The lowest BCUT2D eigenvalue weighted by Gasteiger charge is -2.07. The standard InChI is InChI=1S/C15H13N5S/c1-7-5-9-12-10(19-15(17)20-14(12)16)6-8(13(9)18-7)11-3-2-4-21-11/h2-6,18H,1H3,(H4,16,17,19,20). The minimum atomic E-state index is 0.198. The van der Waals surface area contributed by atoms with Crippen LogP contribution in [0.2, 0.25) is 0 Å². The zero-order chi connectivity index (χ0) is 14.6. The molecule has 0 saturated heterocycles. The molecule has 3 aromatic heterocycles. The minimum Gasteiger partial charge on any atom is -0.383 e. The highest BCUT2D eigenvalue weighted by Crippen LogP contribution is 2.37. The second-order valence-corrected chi connectivity index (χ2v) is 5.95. The molecule has 0 saturated carbocycles. The number of nitrogen functional groups attached to an aromatic ring is 2. The molecule has 0 aliphatic heterocycles. The smallest absolute Gasteiger partial charge is 0.222 e. The molecule has 5 nitrogen and oxygen atoms in total. The maximum Gasteiger partial charge on any atom is 0.222 e. The van der Waals surface area contributed by atoms with Crippen molar-refractivity contribution in [2.24, 2.45) is 0 Å². The van der Waals surface area contributed by atoms with E-state index in [1.807, 2.05) is 19.1 Å². The maximum atomic E-state index is 6.06. The summed E-state index contributed by atoms with van der Waals surface area (Å²) < 4.78 is 0. The predicted octanol–water partition coefficient (Wildman–Crippen LogP) is 3.31. The summed E-state index contributed by atoms with van der Waals surface area (Å²) in [5.74, 6) is 0.614. The lowest BCUT2D eigenvalue weighted by Crippen LogP contribution is -2.01. The van der Waals surface area contributed by atoms with E-state index in [2.05, 4.69) is 32.5 Å². The first-order valence-electron chi connectivity index (χ1n) is 6.52. The summed E-state index contributed by atoms with van der Waals surface area (Å²) >= 11 is 1.69. The van der Waals surface area contributed by atoms with Gasteiger partial charge in [-0.05, 0) is 30.5 Å². The van der Waals surface area contributed by atoms with Crippen LogP contribution in [0.3, 0.4) is 0 Å². The molecule has 0 aliphatic rings. The zero-order valence-electron chi connectivity index (χ0n) is 11.3. The molecular formula is C15H13N5S. The first-order chi connectivity index (χ1) is 10.1. The first kappa shape index (κ1) is 12.2. The molecule has 0 atom stereocenters. The molecule has 0 unspecified atom stereocenters. The van der Waals surface area contributed by atoms with Gasteiger partial charge in [-0.25, -0.2) is 4.98 Å². The van der Waals surface area contributed by atoms with E-state index >= 15 is 0 Å². The summed E-state index contributed by atoms with van der Waals surface area (Å²) in [4.78, 5) is 13.0. The number of hydrogen-bond donors (Lipinski definition) is 3. The Bertz CT molecular complexity index is 969. The number of nitrogens with one attached hydrogen (secondary N) is 1. The van der Waals surface area contributed by atoms with E-state index in [0.717, 1.165) is 33.1 Å². The summed E-state index contributed by atoms with van der Waals surface area (Å²) in [5, 5.41) is 3.94. The number of aromatic nitrogens is 3. The molecule has 3 heterocycles. The molecule has 0 aliphatic carbocycles. The highest BCUT2D eigenvalue weighted by Gasteiger charge is 2.15. The van der Waals surface area contributed by atoms with Gasteiger partial charge in [0, 0.05) is 21.5 Å². The van der Waals surface area contributed by atoms with Gasteiger partial charge in [-0.15, -0.1) is 11.3 Å². The zero-order valence-corrected chi connectivity index (χ0v) is 12.2. The van der Waals surface area contributed by atoms with E-state index < -0.39 is 0 Å². The van der Waals surface area contributed by atoms with Crippen LogP contribution in [-0.2, 0) is 0 Å². The third-order valence-corrected chi connectivity index (χ3v) is 4.44. The number of benzene rings is 1. The number of rotatable bonds is 1. The summed E-state index contributed by atoms with van der Waals surface area (Å²) in [6, 6.07) is 8.22. The fraction of sp³-hybridized carbons (Fsp3) is 0.0667. The van der Waals surface area contributed by atoms with Crippen molar-refractivity contribution in [1.29, 1.82) is 0 Å². The molecular weight excluding hydrogens is 282 g/mol. The fourth-order valence-electron chi connectivity index (χ4n) is 2.73. The molecule has 4 aromatic rings. The molecule has 0 bridgehead atoms. The summed E-state index contributed by atoms with van der Waals surface area (Å²) in [6.07, 6.45) is 0. The fourth-order valence-corrected chi connectivity index (χ4v) is 3.48. The molecule has 0 amide bonds. The average molecular weight is 295 g/mol. The molecule has 4 rings (SSSR count). The predicted molar refractivity (Wildman–Crippen MR) is 88.3 cm³/mol. The summed E-state index contributed by atoms with van der Waals surface area (Å²) in [6.45, 7) is 2.03. The normalized spacial score (nSPS) is 11.5. The largest absolute Gasteiger partial charge is 0.383 e. The molecule has 21 heavy (non-hydrogen) atoms. The molecule has 0 fully saturated rings. The van der Waals surface area contributed by atoms with Gasteiger partial charge in [0.15, 0.2) is 0 Å². The topological polar surface area (TPSA) is 93.6 Å². The van der Waals surface area contributed by atoms with Crippen molar-refractivity contribution in [1.82, 2.24) is 15.0 Å². The molecule has 0 radical (unpaired) electrons. The molecule has 6 heteroatoms. The van der Waals surface area contributed by atoms with Crippen LogP contribution in [0.4, 0.5) is 11.8 Å². The van der Waals surface area contributed by atoms with Crippen LogP contribution < -0.4 is 11.5 Å². The van der Waals surface area contributed by atoms with Crippen molar-refractivity contribution < 1.29 is 0 Å². The van der Waals surface area contributed by atoms with Crippen LogP contribution in [0.25, 0.3) is 32.2 Å². The van der Waals surface area contributed by atoms with Crippen LogP contribution in [-0.4, -0.2) is 15.0 Å². The maximum absolute atomic E-state index is 6.06. The third-order valence-electron chi connectivity index (χ3n) is 3.54. The van der Waals surface area contributed by atoms with Crippen molar-refractivity contribution in [3.05, 3.63) is 35.3 Å². The van der Waals surface area contributed by atoms with Gasteiger partial charge >= 0.3 is 0 Å². The lowest BCUT2D eigenvalue weighted by atomic mass is 10.0. The molecule has 0 spiro atoms. The number of hydrogen-bond acceptors (Lipinski definition) is 5. The van der Waals surface area contributed by atoms with Crippen LogP contribution in [0.15, 0.2) is 29.6 Å². The molecule has 5 N–H and O–H groups in total. The number of H-pyrrole nitrogens is 1. The minimum absolute atomic E-state index is 0.198. The third kappa shape index (κ3) is 1.76. The number of thiophene rings is 1. The van der Waals surface area contributed by atoms with Gasteiger partial charge in [0.05, 0.1) is 16.4 Å². The highest BCUT2D eigenvalue weighted by atomic mass is 32.1. The van der Waals surface area contributed by atoms with Gasteiger partial charge in [0.1, 0.15) is 5.82 Å². The number of aryl methyl sites for hydroxylation is 1. The van der Waals surface area contributed by atoms with E-state index in [1.54, 1.807) is 11.3 Å². The lowest BCUT2D eigenvalue weighted by molar-refractivity contribution is 1.25. The Kier molecular flexibility index (Phi) is 2.43. The Morgan fingerprint density at radius 1 is 1.19 bits per heavy atom. The SMILES string of the molecule is Cc1cc2c([nH]1)c(-c1cccs1)cc1nc(N)nc(N)c12. The van der Waals surface area contributed by atoms with Crippen LogP contribution in [0.5, 0.6) is 0 Å². The van der Waals surface area contributed by atoms with E-state index in [-0.39, 0.29) is 5.95 Å². The Balaban J connectivity index is 2.23. The molecule has 104 valence electrons. The van der Waals surface area contributed by atoms with Crippen molar-refractivity contribution in [2.45, 2.75) is 6.92 Å². The first-order valence-corrected chi connectivity index (χ1v) is 7.40.